The maximum absolute atomic E-state index is 10.6. The van der Waals surface area contributed by atoms with E-state index in [0.717, 1.165) is 30.4 Å². The van der Waals surface area contributed by atoms with E-state index >= 15 is 0 Å². The van der Waals surface area contributed by atoms with Crippen LogP contribution in [0.1, 0.15) is 31.4 Å². The van der Waals surface area contributed by atoms with Crippen molar-refractivity contribution in [3.05, 3.63) is 11.1 Å². The average Bonchev–Trinajstić information content (AvgIpc) is 3.04. The highest BCUT2D eigenvalue weighted by atomic mass is 32.1. The zero-order chi connectivity index (χ0) is 13.2. The number of carbonyl (C=O) groups is 1. The smallest absolute Gasteiger partial charge is 0.303 e. The molecule has 2 unspecified atom stereocenters. The van der Waals surface area contributed by atoms with Gasteiger partial charge in [0.05, 0.1) is 30.9 Å². The second-order valence-corrected chi connectivity index (χ2v) is 5.95. The number of hydrogen-bond acceptors (Lipinski definition) is 5. The van der Waals surface area contributed by atoms with Crippen LogP contribution in [0.2, 0.25) is 0 Å². The molecule has 2 fully saturated rings. The lowest BCUT2D eigenvalue weighted by molar-refractivity contribution is -0.136. The van der Waals surface area contributed by atoms with Crippen molar-refractivity contribution in [1.29, 1.82) is 0 Å². The minimum atomic E-state index is -0.767. The fourth-order valence-electron chi connectivity index (χ4n) is 2.94. The predicted molar refractivity (Wildman–Crippen MR) is 72.8 cm³/mol. The van der Waals surface area contributed by atoms with Crippen LogP contribution in [0, 0.1) is 0 Å². The number of thiazole rings is 1. The van der Waals surface area contributed by atoms with Gasteiger partial charge >= 0.3 is 5.97 Å². The van der Waals surface area contributed by atoms with Crippen molar-refractivity contribution in [3.8, 4) is 0 Å². The molecule has 1 aromatic rings. The van der Waals surface area contributed by atoms with Gasteiger partial charge < -0.3 is 14.7 Å². The fraction of sp³-hybridized carbons (Fsp3) is 0.692. The molecule has 1 aliphatic heterocycles. The summed E-state index contributed by atoms with van der Waals surface area (Å²) in [6, 6.07) is 0.465. The molecule has 19 heavy (non-hydrogen) atoms. The van der Waals surface area contributed by atoms with E-state index in [0.29, 0.717) is 18.6 Å². The Bertz CT molecular complexity index is 462. The molecule has 1 saturated carbocycles. The van der Waals surface area contributed by atoms with Crippen LogP contribution in [-0.4, -0.2) is 41.4 Å². The van der Waals surface area contributed by atoms with Gasteiger partial charge in [0, 0.05) is 18.3 Å². The number of aromatic nitrogens is 1. The van der Waals surface area contributed by atoms with Crippen LogP contribution >= 0.6 is 11.3 Å². The second kappa shape index (κ2) is 5.46. The molecule has 0 amide bonds. The van der Waals surface area contributed by atoms with Crippen molar-refractivity contribution in [3.63, 3.8) is 0 Å². The Hall–Kier alpha value is -1.14. The summed E-state index contributed by atoms with van der Waals surface area (Å²) in [7, 11) is 0. The first-order chi connectivity index (χ1) is 9.24. The number of nitrogens with zero attached hydrogens (tertiary/aromatic N) is 2. The molecule has 5 nitrogen and oxygen atoms in total. The topological polar surface area (TPSA) is 62.7 Å². The number of aliphatic carboxylic acids is 1. The number of carboxylic acid groups (broad SMARTS) is 1. The number of ether oxygens (including phenoxy) is 1. The Kier molecular flexibility index (Phi) is 3.70. The molecule has 2 heterocycles. The summed E-state index contributed by atoms with van der Waals surface area (Å²) in [5, 5.41) is 11.7. The summed E-state index contributed by atoms with van der Waals surface area (Å²) in [6.45, 7) is 1.66. The predicted octanol–water partition coefficient (Wildman–Crippen LogP) is 1.92. The van der Waals surface area contributed by atoms with Crippen LogP contribution in [-0.2, 0) is 16.0 Å². The molecule has 0 aromatic carbocycles. The Labute approximate surface area is 116 Å². The number of morpholine rings is 1. The third-order valence-electron chi connectivity index (χ3n) is 3.86. The second-order valence-electron chi connectivity index (χ2n) is 5.12. The maximum atomic E-state index is 10.6. The van der Waals surface area contributed by atoms with Crippen molar-refractivity contribution in [2.24, 2.45) is 0 Å². The molecule has 1 saturated heterocycles. The monoisotopic (exact) mass is 282 g/mol. The molecule has 3 rings (SSSR count). The summed E-state index contributed by atoms with van der Waals surface area (Å²) in [5.41, 5.74) is 0.892. The van der Waals surface area contributed by atoms with Gasteiger partial charge in [0.15, 0.2) is 5.13 Å². The molecule has 0 radical (unpaired) electrons. The molecule has 0 bridgehead atoms. The van der Waals surface area contributed by atoms with Crippen LogP contribution < -0.4 is 4.90 Å². The highest BCUT2D eigenvalue weighted by Gasteiger charge is 2.37. The summed E-state index contributed by atoms with van der Waals surface area (Å²) in [5.74, 6) is -0.767. The zero-order valence-electron chi connectivity index (χ0n) is 10.7. The van der Waals surface area contributed by atoms with Gasteiger partial charge in [0.1, 0.15) is 0 Å². The van der Waals surface area contributed by atoms with Crippen molar-refractivity contribution in [2.75, 3.05) is 18.1 Å². The standard InChI is InChI=1S/C13H18N2O3S/c16-12(17)5-4-9-8-19-13(14-9)15-6-7-18-11-3-1-2-10(11)15/h8,10-11H,1-7H2,(H,16,17). The Morgan fingerprint density at radius 1 is 1.58 bits per heavy atom. The number of anilines is 1. The summed E-state index contributed by atoms with van der Waals surface area (Å²) < 4.78 is 5.80. The lowest BCUT2D eigenvalue weighted by atomic mass is 10.1. The first-order valence-corrected chi connectivity index (χ1v) is 7.66. The van der Waals surface area contributed by atoms with E-state index in [1.807, 2.05) is 5.38 Å². The maximum Gasteiger partial charge on any atom is 0.303 e. The lowest BCUT2D eigenvalue weighted by Gasteiger charge is -2.37. The summed E-state index contributed by atoms with van der Waals surface area (Å²) >= 11 is 1.62. The molecule has 6 heteroatoms. The van der Waals surface area contributed by atoms with E-state index in [1.54, 1.807) is 11.3 Å². The third-order valence-corrected chi connectivity index (χ3v) is 4.79. The van der Waals surface area contributed by atoms with Crippen molar-refractivity contribution in [2.45, 2.75) is 44.2 Å². The minimum Gasteiger partial charge on any atom is -0.481 e. The number of carboxylic acids is 1. The number of aryl methyl sites for hydroxylation is 1. The molecule has 104 valence electrons. The largest absolute Gasteiger partial charge is 0.481 e. The fourth-order valence-corrected chi connectivity index (χ4v) is 3.89. The van der Waals surface area contributed by atoms with Gasteiger partial charge in [0.2, 0.25) is 0 Å². The first-order valence-electron chi connectivity index (χ1n) is 6.78. The summed E-state index contributed by atoms with van der Waals surface area (Å²) in [6.07, 6.45) is 4.58. The van der Waals surface area contributed by atoms with Crippen LogP contribution in [0.4, 0.5) is 5.13 Å². The molecular formula is C13H18N2O3S. The summed E-state index contributed by atoms with van der Waals surface area (Å²) in [4.78, 5) is 17.5. The van der Waals surface area contributed by atoms with Gasteiger partial charge in [-0.1, -0.05) is 0 Å². The molecule has 1 N–H and O–H groups in total. The number of hydrogen-bond donors (Lipinski definition) is 1. The van der Waals surface area contributed by atoms with Crippen molar-refractivity contribution in [1.82, 2.24) is 4.98 Å². The molecule has 2 atom stereocenters. The SMILES string of the molecule is O=C(O)CCc1csc(N2CCOC3CCCC32)n1. The lowest BCUT2D eigenvalue weighted by Crippen LogP contribution is -2.48. The van der Waals surface area contributed by atoms with Crippen LogP contribution in [0.3, 0.4) is 0 Å². The molecule has 1 aliphatic carbocycles. The molecule has 2 aliphatic rings. The highest BCUT2D eigenvalue weighted by molar-refractivity contribution is 7.13. The highest BCUT2D eigenvalue weighted by Crippen LogP contribution is 2.34. The average molecular weight is 282 g/mol. The quantitative estimate of drug-likeness (QED) is 0.914. The zero-order valence-corrected chi connectivity index (χ0v) is 11.6. The van der Waals surface area contributed by atoms with E-state index in [9.17, 15) is 4.79 Å². The Morgan fingerprint density at radius 2 is 2.47 bits per heavy atom. The van der Waals surface area contributed by atoms with Gasteiger partial charge in [-0.05, 0) is 19.3 Å². The van der Waals surface area contributed by atoms with E-state index in [-0.39, 0.29) is 6.42 Å². The van der Waals surface area contributed by atoms with E-state index in [1.165, 1.54) is 12.8 Å². The molecular weight excluding hydrogens is 264 g/mol. The van der Waals surface area contributed by atoms with E-state index < -0.39 is 5.97 Å². The van der Waals surface area contributed by atoms with Gasteiger partial charge in [-0.2, -0.15) is 0 Å². The molecule has 0 spiro atoms. The third kappa shape index (κ3) is 2.74. The van der Waals surface area contributed by atoms with Gasteiger partial charge in [-0.25, -0.2) is 4.98 Å². The van der Waals surface area contributed by atoms with Gasteiger partial charge in [-0.15, -0.1) is 11.3 Å². The normalized spacial score (nSPS) is 26.4. The first kappa shape index (κ1) is 12.9. The number of fused-ring (bicyclic) bond motifs is 1. The number of rotatable bonds is 4. The Balaban J connectivity index is 1.69. The van der Waals surface area contributed by atoms with Gasteiger partial charge in [-0.3, -0.25) is 4.79 Å². The van der Waals surface area contributed by atoms with E-state index in [4.69, 9.17) is 9.84 Å². The van der Waals surface area contributed by atoms with E-state index in [2.05, 4.69) is 9.88 Å². The van der Waals surface area contributed by atoms with Crippen LogP contribution in [0.15, 0.2) is 5.38 Å². The van der Waals surface area contributed by atoms with Crippen molar-refractivity contribution >= 4 is 22.4 Å². The van der Waals surface area contributed by atoms with Crippen molar-refractivity contribution < 1.29 is 14.6 Å². The van der Waals surface area contributed by atoms with Crippen LogP contribution in [0.25, 0.3) is 0 Å². The van der Waals surface area contributed by atoms with Gasteiger partial charge in [0.25, 0.3) is 0 Å². The minimum absolute atomic E-state index is 0.151. The Morgan fingerprint density at radius 3 is 3.32 bits per heavy atom. The van der Waals surface area contributed by atoms with Crippen LogP contribution in [0.5, 0.6) is 0 Å². The molecule has 1 aromatic heterocycles.